The maximum absolute atomic E-state index is 11.3. The highest BCUT2D eigenvalue weighted by Crippen LogP contribution is 2.31. The Morgan fingerprint density at radius 2 is 1.74 bits per heavy atom. The van der Waals surface area contributed by atoms with Crippen LogP contribution in [0.1, 0.15) is 6.42 Å². The highest BCUT2D eigenvalue weighted by atomic mass is 16.5. The second-order valence-corrected chi connectivity index (χ2v) is 4.94. The quantitative estimate of drug-likeness (QED) is 0.558. The Balaban J connectivity index is 1.60. The molecule has 5 heteroatoms. The van der Waals surface area contributed by atoms with Crippen LogP contribution in [-0.2, 0) is 0 Å². The van der Waals surface area contributed by atoms with Crippen LogP contribution in [0.5, 0.6) is 17.2 Å². The number of para-hydroxylation sites is 1. The molecular weight excluding hydrogens is 296 g/mol. The first kappa shape index (κ1) is 15.0. The van der Waals surface area contributed by atoms with Crippen LogP contribution in [0.15, 0.2) is 63.8 Å². The van der Waals surface area contributed by atoms with Crippen LogP contribution in [0.3, 0.4) is 0 Å². The first-order valence-electron chi connectivity index (χ1n) is 7.30. The van der Waals surface area contributed by atoms with Crippen molar-refractivity contribution in [2.24, 2.45) is 0 Å². The first-order valence-corrected chi connectivity index (χ1v) is 7.30. The molecule has 1 aromatic heterocycles. The van der Waals surface area contributed by atoms with Crippen molar-refractivity contribution in [1.82, 2.24) is 0 Å². The van der Waals surface area contributed by atoms with Gasteiger partial charge >= 0.3 is 5.63 Å². The highest BCUT2D eigenvalue weighted by Gasteiger charge is 2.10. The zero-order valence-electron chi connectivity index (χ0n) is 12.4. The molecule has 0 aliphatic rings. The van der Waals surface area contributed by atoms with Crippen LogP contribution >= 0.6 is 0 Å². The van der Waals surface area contributed by atoms with Crippen LogP contribution in [0, 0.1) is 0 Å². The lowest BCUT2D eigenvalue weighted by molar-refractivity contribution is 0.248. The standard InChI is InChI=1S/C18H16O5/c19-14-12-17(20)23-16-9-4-8-15(18(14)16)22-11-5-10-21-13-6-2-1-3-7-13/h1-4,6-9,12,19H,5,10-11H2. The molecule has 0 aliphatic heterocycles. The van der Waals surface area contributed by atoms with E-state index in [0.29, 0.717) is 36.4 Å². The lowest BCUT2D eigenvalue weighted by Gasteiger charge is -2.10. The number of ether oxygens (including phenoxy) is 2. The normalized spacial score (nSPS) is 10.6. The van der Waals surface area contributed by atoms with Crippen molar-refractivity contribution in [3.8, 4) is 17.2 Å². The third kappa shape index (κ3) is 3.63. The third-order valence-corrected chi connectivity index (χ3v) is 3.27. The van der Waals surface area contributed by atoms with E-state index in [1.54, 1.807) is 18.2 Å². The minimum Gasteiger partial charge on any atom is -0.507 e. The summed E-state index contributed by atoms with van der Waals surface area (Å²) in [6, 6.07) is 15.6. The Morgan fingerprint density at radius 1 is 0.957 bits per heavy atom. The molecule has 118 valence electrons. The van der Waals surface area contributed by atoms with E-state index in [0.717, 1.165) is 11.8 Å². The maximum Gasteiger partial charge on any atom is 0.339 e. The molecular formula is C18H16O5. The number of rotatable bonds is 6. The number of fused-ring (bicyclic) bond motifs is 1. The van der Waals surface area contributed by atoms with Gasteiger partial charge in [-0.2, -0.15) is 0 Å². The number of hydrogen-bond donors (Lipinski definition) is 1. The van der Waals surface area contributed by atoms with E-state index >= 15 is 0 Å². The molecule has 2 aromatic carbocycles. The van der Waals surface area contributed by atoms with Gasteiger partial charge in [0.2, 0.25) is 0 Å². The summed E-state index contributed by atoms with van der Waals surface area (Å²) in [5, 5.41) is 10.3. The van der Waals surface area contributed by atoms with Gasteiger partial charge in [0.15, 0.2) is 0 Å². The van der Waals surface area contributed by atoms with Crippen LogP contribution < -0.4 is 15.1 Å². The summed E-state index contributed by atoms with van der Waals surface area (Å²) in [4.78, 5) is 11.3. The molecule has 1 N–H and O–H groups in total. The molecule has 0 bridgehead atoms. The van der Waals surface area contributed by atoms with Crippen molar-refractivity contribution in [2.75, 3.05) is 13.2 Å². The van der Waals surface area contributed by atoms with Crippen molar-refractivity contribution in [3.05, 3.63) is 65.0 Å². The maximum atomic E-state index is 11.3. The Hall–Kier alpha value is -2.95. The summed E-state index contributed by atoms with van der Waals surface area (Å²) >= 11 is 0. The van der Waals surface area contributed by atoms with Crippen molar-refractivity contribution < 1.29 is 19.0 Å². The monoisotopic (exact) mass is 312 g/mol. The number of benzene rings is 2. The van der Waals surface area contributed by atoms with Gasteiger partial charge in [0.05, 0.1) is 19.3 Å². The lowest BCUT2D eigenvalue weighted by Crippen LogP contribution is -2.05. The summed E-state index contributed by atoms with van der Waals surface area (Å²) in [5.41, 5.74) is -0.295. The van der Waals surface area contributed by atoms with E-state index < -0.39 is 5.63 Å². The van der Waals surface area contributed by atoms with Gasteiger partial charge < -0.3 is 19.0 Å². The second-order valence-electron chi connectivity index (χ2n) is 4.94. The van der Waals surface area contributed by atoms with E-state index in [2.05, 4.69) is 0 Å². The molecule has 0 fully saturated rings. The lowest BCUT2D eigenvalue weighted by atomic mass is 10.2. The van der Waals surface area contributed by atoms with Gasteiger partial charge in [-0.05, 0) is 24.3 Å². The van der Waals surface area contributed by atoms with Crippen LogP contribution in [0.2, 0.25) is 0 Å². The molecule has 0 unspecified atom stereocenters. The third-order valence-electron chi connectivity index (χ3n) is 3.27. The molecule has 0 atom stereocenters. The molecule has 0 amide bonds. The van der Waals surface area contributed by atoms with Crippen LogP contribution in [-0.4, -0.2) is 18.3 Å². The van der Waals surface area contributed by atoms with Crippen molar-refractivity contribution in [1.29, 1.82) is 0 Å². The van der Waals surface area contributed by atoms with E-state index in [4.69, 9.17) is 13.9 Å². The van der Waals surface area contributed by atoms with Crippen molar-refractivity contribution in [2.45, 2.75) is 6.42 Å². The average molecular weight is 312 g/mol. The van der Waals surface area contributed by atoms with Gasteiger partial charge in [-0.25, -0.2) is 4.79 Å². The van der Waals surface area contributed by atoms with Crippen molar-refractivity contribution >= 4 is 11.0 Å². The molecule has 0 spiro atoms. The Kier molecular flexibility index (Phi) is 4.47. The van der Waals surface area contributed by atoms with Gasteiger partial charge in [-0.3, -0.25) is 0 Å². The molecule has 0 aliphatic carbocycles. The summed E-state index contributed by atoms with van der Waals surface area (Å²) < 4.78 is 16.3. The van der Waals surface area contributed by atoms with E-state index in [9.17, 15) is 9.90 Å². The zero-order chi connectivity index (χ0) is 16.1. The Labute approximate surface area is 132 Å². The molecule has 1 heterocycles. The molecule has 0 saturated heterocycles. The molecule has 23 heavy (non-hydrogen) atoms. The summed E-state index contributed by atoms with van der Waals surface area (Å²) in [6.07, 6.45) is 0.683. The fourth-order valence-electron chi connectivity index (χ4n) is 2.24. The van der Waals surface area contributed by atoms with E-state index in [1.807, 2.05) is 30.3 Å². The molecule has 3 aromatic rings. The van der Waals surface area contributed by atoms with Gasteiger partial charge in [-0.15, -0.1) is 0 Å². The van der Waals surface area contributed by atoms with E-state index in [1.165, 1.54) is 0 Å². The fraction of sp³-hybridized carbons (Fsp3) is 0.167. The SMILES string of the molecule is O=c1cc(O)c2c(OCCCOc3ccccc3)cccc2o1. The molecule has 0 saturated carbocycles. The highest BCUT2D eigenvalue weighted by molar-refractivity contribution is 5.89. The largest absolute Gasteiger partial charge is 0.507 e. The van der Waals surface area contributed by atoms with Gasteiger partial charge in [0.25, 0.3) is 0 Å². The smallest absolute Gasteiger partial charge is 0.339 e. The summed E-state index contributed by atoms with van der Waals surface area (Å²) in [7, 11) is 0. The topological polar surface area (TPSA) is 68.9 Å². The number of hydrogen-bond acceptors (Lipinski definition) is 5. The van der Waals surface area contributed by atoms with Crippen molar-refractivity contribution in [3.63, 3.8) is 0 Å². The van der Waals surface area contributed by atoms with Crippen LogP contribution in [0.4, 0.5) is 0 Å². The Bertz CT molecular complexity index is 839. The summed E-state index contributed by atoms with van der Waals surface area (Å²) in [6.45, 7) is 0.945. The minimum absolute atomic E-state index is 0.146. The molecule has 3 rings (SSSR count). The molecule has 5 nitrogen and oxygen atoms in total. The van der Waals surface area contributed by atoms with E-state index in [-0.39, 0.29) is 5.75 Å². The Morgan fingerprint density at radius 3 is 2.57 bits per heavy atom. The number of aromatic hydroxyl groups is 1. The van der Waals surface area contributed by atoms with Gasteiger partial charge in [0, 0.05) is 6.42 Å². The van der Waals surface area contributed by atoms with Gasteiger partial charge in [-0.1, -0.05) is 24.3 Å². The summed E-state index contributed by atoms with van der Waals surface area (Å²) in [5.74, 6) is 1.15. The first-order chi connectivity index (χ1) is 11.2. The fourth-order valence-corrected chi connectivity index (χ4v) is 2.24. The second kappa shape index (κ2) is 6.87. The van der Waals surface area contributed by atoms with Crippen LogP contribution in [0.25, 0.3) is 11.0 Å². The zero-order valence-corrected chi connectivity index (χ0v) is 12.4. The molecule has 0 radical (unpaired) electrons. The average Bonchev–Trinajstić information content (AvgIpc) is 2.55. The predicted molar refractivity (Wildman–Crippen MR) is 86.2 cm³/mol. The minimum atomic E-state index is -0.594. The van der Waals surface area contributed by atoms with Gasteiger partial charge in [0.1, 0.15) is 28.2 Å². The predicted octanol–water partition coefficient (Wildman–Crippen LogP) is 3.35.